The van der Waals surface area contributed by atoms with E-state index in [-0.39, 0.29) is 24.1 Å². The highest BCUT2D eigenvalue weighted by molar-refractivity contribution is 7.99. The average molecular weight is 338 g/mol. The van der Waals surface area contributed by atoms with Crippen LogP contribution in [0.4, 0.5) is 5.69 Å². The summed E-state index contributed by atoms with van der Waals surface area (Å²) in [6.07, 6.45) is 0. The van der Waals surface area contributed by atoms with Crippen LogP contribution in [0.2, 0.25) is 0 Å². The van der Waals surface area contributed by atoms with Gasteiger partial charge < -0.3 is 15.7 Å². The van der Waals surface area contributed by atoms with Crippen molar-refractivity contribution >= 4 is 35.2 Å². The van der Waals surface area contributed by atoms with E-state index < -0.39 is 11.4 Å². The maximum Gasteiger partial charge on any atom is 0.313 e. The standard InChI is InChI=1S/C16H22N2O4S/c1-16(2,3)15(22)17-8-13(19)18-12-6-4-5-11(7-12)9-23-10-14(20)21/h4-7H,8-10H2,1-3H3,(H,17,22)(H,18,19)(H,20,21). The number of benzene rings is 1. The highest BCUT2D eigenvalue weighted by atomic mass is 32.2. The number of carboxylic acid groups (broad SMARTS) is 1. The van der Waals surface area contributed by atoms with Gasteiger partial charge in [0.15, 0.2) is 0 Å². The number of anilines is 1. The van der Waals surface area contributed by atoms with Crippen molar-refractivity contribution in [2.75, 3.05) is 17.6 Å². The Bertz CT molecular complexity index is 582. The lowest BCUT2D eigenvalue weighted by atomic mass is 9.96. The van der Waals surface area contributed by atoms with Crippen molar-refractivity contribution in [2.24, 2.45) is 5.41 Å². The number of carboxylic acids is 1. The van der Waals surface area contributed by atoms with Gasteiger partial charge in [0.05, 0.1) is 12.3 Å². The fraction of sp³-hybridized carbons (Fsp3) is 0.438. The topological polar surface area (TPSA) is 95.5 Å². The molecule has 2 amide bonds. The Balaban J connectivity index is 2.49. The van der Waals surface area contributed by atoms with Gasteiger partial charge in [-0.25, -0.2) is 0 Å². The second kappa shape index (κ2) is 8.57. The minimum atomic E-state index is -0.853. The number of thioether (sulfide) groups is 1. The molecule has 1 rings (SSSR count). The molecule has 126 valence electrons. The predicted molar refractivity (Wildman–Crippen MR) is 91.3 cm³/mol. The molecule has 0 spiro atoms. The number of rotatable bonds is 7. The molecule has 0 bridgehead atoms. The van der Waals surface area contributed by atoms with Gasteiger partial charge in [0.2, 0.25) is 11.8 Å². The lowest BCUT2D eigenvalue weighted by molar-refractivity contribution is -0.134. The molecule has 6 nitrogen and oxygen atoms in total. The summed E-state index contributed by atoms with van der Waals surface area (Å²) in [5.74, 6) is -0.759. The molecule has 3 N–H and O–H groups in total. The average Bonchev–Trinajstić information content (AvgIpc) is 2.43. The lowest BCUT2D eigenvalue weighted by Crippen LogP contribution is -2.39. The van der Waals surface area contributed by atoms with Gasteiger partial charge >= 0.3 is 5.97 Å². The van der Waals surface area contributed by atoms with Gasteiger partial charge in [-0.15, -0.1) is 11.8 Å². The molecular weight excluding hydrogens is 316 g/mol. The van der Waals surface area contributed by atoms with E-state index in [2.05, 4.69) is 10.6 Å². The number of hydrogen-bond donors (Lipinski definition) is 3. The summed E-state index contributed by atoms with van der Waals surface area (Å²) in [5.41, 5.74) is 1.00. The summed E-state index contributed by atoms with van der Waals surface area (Å²) in [7, 11) is 0. The van der Waals surface area contributed by atoms with Gasteiger partial charge in [0.1, 0.15) is 0 Å². The van der Waals surface area contributed by atoms with Crippen LogP contribution in [0.15, 0.2) is 24.3 Å². The van der Waals surface area contributed by atoms with Crippen molar-refractivity contribution < 1.29 is 19.5 Å². The molecule has 0 heterocycles. The Morgan fingerprint density at radius 1 is 1.22 bits per heavy atom. The smallest absolute Gasteiger partial charge is 0.313 e. The molecule has 0 aliphatic carbocycles. The number of aliphatic carboxylic acids is 1. The van der Waals surface area contributed by atoms with Crippen LogP contribution < -0.4 is 10.6 Å². The highest BCUT2D eigenvalue weighted by Crippen LogP contribution is 2.16. The minimum absolute atomic E-state index is 0.0371. The fourth-order valence-electron chi connectivity index (χ4n) is 1.63. The second-order valence-corrected chi connectivity index (χ2v) is 7.05. The first-order chi connectivity index (χ1) is 10.7. The normalized spacial score (nSPS) is 10.9. The molecule has 0 atom stereocenters. The lowest BCUT2D eigenvalue weighted by Gasteiger charge is -2.17. The third kappa shape index (κ3) is 7.69. The van der Waals surface area contributed by atoms with Crippen LogP contribution in [0.25, 0.3) is 0 Å². The maximum absolute atomic E-state index is 11.8. The third-order valence-electron chi connectivity index (χ3n) is 2.80. The predicted octanol–water partition coefficient (Wildman–Crippen LogP) is 2.11. The van der Waals surface area contributed by atoms with Crippen LogP contribution in [-0.2, 0) is 20.1 Å². The fourth-order valence-corrected chi connectivity index (χ4v) is 2.32. The number of amides is 2. The van der Waals surface area contributed by atoms with Crippen LogP contribution in [0.3, 0.4) is 0 Å². The van der Waals surface area contributed by atoms with E-state index in [1.165, 1.54) is 11.8 Å². The van der Waals surface area contributed by atoms with Crippen LogP contribution in [-0.4, -0.2) is 35.2 Å². The molecule has 0 aromatic heterocycles. The number of nitrogens with one attached hydrogen (secondary N) is 2. The zero-order valence-corrected chi connectivity index (χ0v) is 14.3. The van der Waals surface area contributed by atoms with E-state index in [4.69, 9.17) is 5.11 Å². The quantitative estimate of drug-likeness (QED) is 0.708. The first kappa shape index (κ1) is 19.0. The van der Waals surface area contributed by atoms with Gasteiger partial charge in [0, 0.05) is 16.9 Å². The summed E-state index contributed by atoms with van der Waals surface area (Å²) < 4.78 is 0. The van der Waals surface area contributed by atoms with Gasteiger partial charge in [-0.05, 0) is 17.7 Å². The summed E-state index contributed by atoms with van der Waals surface area (Å²) in [5, 5.41) is 13.9. The first-order valence-corrected chi connectivity index (χ1v) is 8.30. The molecule has 7 heteroatoms. The molecule has 0 radical (unpaired) electrons. The van der Waals surface area contributed by atoms with Crippen LogP contribution in [0.5, 0.6) is 0 Å². The molecule has 0 saturated heterocycles. The van der Waals surface area contributed by atoms with E-state index in [0.717, 1.165) is 5.56 Å². The first-order valence-electron chi connectivity index (χ1n) is 7.15. The SMILES string of the molecule is CC(C)(C)C(=O)NCC(=O)Nc1cccc(CSCC(=O)O)c1. The van der Waals surface area contributed by atoms with E-state index in [1.54, 1.807) is 39.0 Å². The zero-order chi connectivity index (χ0) is 17.5. The van der Waals surface area contributed by atoms with Gasteiger partial charge in [0.25, 0.3) is 0 Å². The monoisotopic (exact) mass is 338 g/mol. The Kier molecular flexibility index (Phi) is 7.09. The molecule has 0 unspecified atom stereocenters. The number of carbonyl (C=O) groups is 3. The van der Waals surface area contributed by atoms with E-state index >= 15 is 0 Å². The number of carbonyl (C=O) groups excluding carboxylic acids is 2. The largest absolute Gasteiger partial charge is 0.481 e. The Morgan fingerprint density at radius 3 is 2.52 bits per heavy atom. The van der Waals surface area contributed by atoms with Crippen molar-refractivity contribution in [3.05, 3.63) is 29.8 Å². The summed E-state index contributed by atoms with van der Waals surface area (Å²) >= 11 is 1.29. The van der Waals surface area contributed by atoms with E-state index in [9.17, 15) is 14.4 Å². The van der Waals surface area contributed by atoms with Gasteiger partial charge in [-0.3, -0.25) is 14.4 Å². The molecule has 0 saturated carbocycles. The molecule has 1 aromatic carbocycles. The van der Waals surface area contributed by atoms with Crippen molar-refractivity contribution in [3.8, 4) is 0 Å². The van der Waals surface area contributed by atoms with Crippen molar-refractivity contribution in [3.63, 3.8) is 0 Å². The van der Waals surface area contributed by atoms with E-state index in [1.807, 2.05) is 6.07 Å². The van der Waals surface area contributed by atoms with Gasteiger partial charge in [-0.1, -0.05) is 32.9 Å². The summed E-state index contributed by atoms with van der Waals surface area (Å²) in [6.45, 7) is 5.24. The van der Waals surface area contributed by atoms with E-state index in [0.29, 0.717) is 11.4 Å². The molecule has 0 fully saturated rings. The van der Waals surface area contributed by atoms with Crippen molar-refractivity contribution in [2.45, 2.75) is 26.5 Å². The minimum Gasteiger partial charge on any atom is -0.481 e. The zero-order valence-electron chi connectivity index (χ0n) is 13.5. The highest BCUT2D eigenvalue weighted by Gasteiger charge is 2.21. The van der Waals surface area contributed by atoms with Crippen LogP contribution >= 0.6 is 11.8 Å². The summed E-state index contributed by atoms with van der Waals surface area (Å²) in [4.78, 5) is 34.0. The van der Waals surface area contributed by atoms with Crippen LogP contribution in [0, 0.1) is 5.41 Å². The summed E-state index contributed by atoms with van der Waals surface area (Å²) in [6, 6.07) is 7.19. The third-order valence-corrected chi connectivity index (χ3v) is 3.78. The molecule has 1 aromatic rings. The Morgan fingerprint density at radius 2 is 1.91 bits per heavy atom. The van der Waals surface area contributed by atoms with Gasteiger partial charge in [-0.2, -0.15) is 0 Å². The molecule has 0 aliphatic heterocycles. The Hall–Kier alpha value is -2.02. The Labute approximate surface area is 140 Å². The molecule has 0 aliphatic rings. The van der Waals surface area contributed by atoms with Crippen molar-refractivity contribution in [1.29, 1.82) is 0 Å². The maximum atomic E-state index is 11.8. The van der Waals surface area contributed by atoms with Crippen molar-refractivity contribution in [1.82, 2.24) is 5.32 Å². The molecule has 23 heavy (non-hydrogen) atoms. The number of hydrogen-bond acceptors (Lipinski definition) is 4. The van der Waals surface area contributed by atoms with Crippen LogP contribution in [0.1, 0.15) is 26.3 Å². The molecular formula is C16H22N2O4S. The second-order valence-electron chi connectivity index (χ2n) is 6.07.